The normalized spacial score (nSPS) is 29.9. The van der Waals surface area contributed by atoms with Crippen LogP contribution in [0, 0.1) is 24.2 Å². The molecule has 0 aromatic carbocycles. The predicted octanol–water partition coefficient (Wildman–Crippen LogP) is 6.69. The molecule has 1 aromatic heterocycles. The van der Waals surface area contributed by atoms with Crippen LogP contribution in [0.15, 0.2) is 22.6 Å². The first-order chi connectivity index (χ1) is 15.9. The number of carbonyl (C=O) groups is 2. The Morgan fingerprint density at radius 1 is 1.29 bits per heavy atom. The van der Waals surface area contributed by atoms with Gasteiger partial charge < -0.3 is 9.84 Å². The molecule has 1 N–H and O–H groups in total. The number of aliphatic hydroxyl groups excluding tert-OH is 1. The number of ether oxygens (including phenoxy) is 1. The maximum Gasteiger partial charge on any atom is 0.306 e. The standard InChI is InChI=1S/C28H43NO4S/c1-8-22-11-9-10-18(2)26(31)20(4)27(32)28(6,7)15-14-25(30)33-24(13-12-22)19(3)16-23-17-34-21(5)29-23/h12,16-18,20,24,26,31H,8-11,13-15H2,1-7H3/b19-16+,22-12-. The molecule has 1 aromatic rings. The summed E-state index contributed by atoms with van der Waals surface area (Å²) in [6.07, 6.45) is 8.07. The Labute approximate surface area is 209 Å². The molecule has 0 aliphatic carbocycles. The summed E-state index contributed by atoms with van der Waals surface area (Å²) < 4.78 is 5.94. The van der Waals surface area contributed by atoms with E-state index in [1.807, 2.05) is 53.0 Å². The molecule has 4 atom stereocenters. The molecule has 2 heterocycles. The largest absolute Gasteiger partial charge is 0.457 e. The van der Waals surface area contributed by atoms with E-state index in [4.69, 9.17) is 4.74 Å². The average molecular weight is 490 g/mol. The number of aryl methyl sites for hydroxylation is 1. The smallest absolute Gasteiger partial charge is 0.306 e. The van der Waals surface area contributed by atoms with E-state index >= 15 is 0 Å². The van der Waals surface area contributed by atoms with Gasteiger partial charge in [-0.05, 0) is 63.5 Å². The molecular weight excluding hydrogens is 446 g/mol. The first kappa shape index (κ1) is 28.4. The summed E-state index contributed by atoms with van der Waals surface area (Å²) in [6, 6.07) is 0. The molecule has 0 radical (unpaired) electrons. The molecule has 6 heteroatoms. The highest BCUT2D eigenvalue weighted by molar-refractivity contribution is 7.09. The van der Waals surface area contributed by atoms with Crippen LogP contribution in [0.2, 0.25) is 0 Å². The van der Waals surface area contributed by atoms with E-state index in [1.54, 1.807) is 11.3 Å². The minimum Gasteiger partial charge on any atom is -0.457 e. The third kappa shape index (κ3) is 8.16. The van der Waals surface area contributed by atoms with Gasteiger partial charge in [-0.1, -0.05) is 46.3 Å². The topological polar surface area (TPSA) is 76.5 Å². The Hall–Kier alpha value is -1.79. The number of aromatic nitrogens is 1. The van der Waals surface area contributed by atoms with Gasteiger partial charge in [-0.25, -0.2) is 4.98 Å². The van der Waals surface area contributed by atoms with Crippen molar-refractivity contribution >= 4 is 29.2 Å². The van der Waals surface area contributed by atoms with E-state index < -0.39 is 17.4 Å². The number of hydrogen-bond acceptors (Lipinski definition) is 6. The van der Waals surface area contributed by atoms with Crippen LogP contribution in [0.4, 0.5) is 0 Å². The van der Waals surface area contributed by atoms with Crippen molar-refractivity contribution in [1.29, 1.82) is 0 Å². The van der Waals surface area contributed by atoms with E-state index in [-0.39, 0.29) is 30.2 Å². The van der Waals surface area contributed by atoms with E-state index in [9.17, 15) is 14.7 Å². The molecule has 2 rings (SSSR count). The van der Waals surface area contributed by atoms with Crippen LogP contribution in [0.5, 0.6) is 0 Å². The number of Topliss-reactive ketones (excluding diaryl/α,β-unsaturated/α-hetero) is 1. The van der Waals surface area contributed by atoms with Crippen LogP contribution in [0.25, 0.3) is 6.08 Å². The summed E-state index contributed by atoms with van der Waals surface area (Å²) in [5.74, 6) is -0.708. The van der Waals surface area contributed by atoms with Crippen molar-refractivity contribution in [2.45, 2.75) is 106 Å². The highest BCUT2D eigenvalue weighted by atomic mass is 32.1. The van der Waals surface area contributed by atoms with E-state index in [1.165, 1.54) is 5.57 Å². The minimum atomic E-state index is -0.704. The number of esters is 1. The van der Waals surface area contributed by atoms with E-state index in [0.29, 0.717) is 12.8 Å². The molecule has 5 nitrogen and oxygen atoms in total. The van der Waals surface area contributed by atoms with Gasteiger partial charge in [-0.2, -0.15) is 0 Å². The van der Waals surface area contributed by atoms with Gasteiger partial charge in [0.15, 0.2) is 0 Å². The third-order valence-electron chi connectivity index (χ3n) is 7.16. The van der Waals surface area contributed by atoms with Crippen LogP contribution in [-0.2, 0) is 14.3 Å². The molecule has 0 spiro atoms. The molecule has 0 saturated carbocycles. The second-order valence-corrected chi connectivity index (χ2v) is 11.6. The maximum absolute atomic E-state index is 13.2. The Kier molecular flexibility index (Phi) is 10.7. The molecule has 0 fully saturated rings. The number of carbonyl (C=O) groups excluding carboxylic acids is 2. The summed E-state index contributed by atoms with van der Waals surface area (Å²) in [4.78, 5) is 30.5. The van der Waals surface area contributed by atoms with Crippen molar-refractivity contribution in [1.82, 2.24) is 4.98 Å². The van der Waals surface area contributed by atoms with Gasteiger partial charge in [0.25, 0.3) is 0 Å². The Morgan fingerprint density at radius 3 is 2.62 bits per heavy atom. The fourth-order valence-corrected chi connectivity index (χ4v) is 5.21. The predicted molar refractivity (Wildman–Crippen MR) is 140 cm³/mol. The Morgan fingerprint density at radius 2 is 2.00 bits per heavy atom. The second kappa shape index (κ2) is 12.8. The van der Waals surface area contributed by atoms with Gasteiger partial charge in [0.05, 0.1) is 16.8 Å². The average Bonchev–Trinajstić information content (AvgIpc) is 3.20. The fraction of sp³-hybridized carbons (Fsp3) is 0.679. The fourth-order valence-electron chi connectivity index (χ4n) is 4.64. The lowest BCUT2D eigenvalue weighted by molar-refractivity contribution is -0.148. The molecule has 34 heavy (non-hydrogen) atoms. The van der Waals surface area contributed by atoms with Gasteiger partial charge in [0.2, 0.25) is 0 Å². The monoisotopic (exact) mass is 489 g/mol. The molecule has 1 aliphatic heterocycles. The first-order valence-corrected chi connectivity index (χ1v) is 13.5. The zero-order valence-electron chi connectivity index (χ0n) is 22.0. The lowest BCUT2D eigenvalue weighted by atomic mass is 9.74. The zero-order valence-corrected chi connectivity index (χ0v) is 22.8. The van der Waals surface area contributed by atoms with Crippen molar-refractivity contribution in [2.24, 2.45) is 17.3 Å². The van der Waals surface area contributed by atoms with Gasteiger partial charge in [0, 0.05) is 29.6 Å². The van der Waals surface area contributed by atoms with Crippen LogP contribution < -0.4 is 0 Å². The molecule has 0 saturated heterocycles. The second-order valence-electron chi connectivity index (χ2n) is 10.5. The summed E-state index contributed by atoms with van der Waals surface area (Å²) in [6.45, 7) is 13.7. The highest BCUT2D eigenvalue weighted by Gasteiger charge is 2.36. The van der Waals surface area contributed by atoms with Crippen LogP contribution in [0.3, 0.4) is 0 Å². The number of thiazole rings is 1. The van der Waals surface area contributed by atoms with Crippen molar-refractivity contribution in [3.05, 3.63) is 33.3 Å². The number of allylic oxidation sites excluding steroid dienone is 1. The number of aliphatic hydroxyl groups is 1. The van der Waals surface area contributed by atoms with Gasteiger partial charge in [-0.15, -0.1) is 11.3 Å². The first-order valence-electron chi connectivity index (χ1n) is 12.6. The SMILES string of the molecule is CC/C1=C/CC(/C(C)=C/c2csc(C)n2)OC(=O)CCC(C)(C)C(=O)C(C)C(O)C(C)CCC1. The van der Waals surface area contributed by atoms with E-state index in [0.717, 1.165) is 42.0 Å². The quantitative estimate of drug-likeness (QED) is 0.378. The maximum atomic E-state index is 13.2. The zero-order chi connectivity index (χ0) is 25.5. The minimum absolute atomic E-state index is 0.00687. The molecule has 1 aliphatic rings. The summed E-state index contributed by atoms with van der Waals surface area (Å²) in [5.41, 5.74) is 2.48. The molecular formula is C28H43NO4S. The number of nitrogens with zero attached hydrogens (tertiary/aromatic N) is 1. The summed E-state index contributed by atoms with van der Waals surface area (Å²) in [5, 5.41) is 13.8. The molecule has 0 bridgehead atoms. The Balaban J connectivity index is 2.31. The third-order valence-corrected chi connectivity index (χ3v) is 7.95. The summed E-state index contributed by atoms with van der Waals surface area (Å²) in [7, 11) is 0. The van der Waals surface area contributed by atoms with Gasteiger partial charge in [0.1, 0.15) is 11.9 Å². The van der Waals surface area contributed by atoms with Gasteiger partial charge >= 0.3 is 5.97 Å². The van der Waals surface area contributed by atoms with Crippen molar-refractivity contribution < 1.29 is 19.4 Å². The number of cyclic esters (lactones) is 1. The molecule has 190 valence electrons. The van der Waals surface area contributed by atoms with E-state index in [2.05, 4.69) is 18.0 Å². The van der Waals surface area contributed by atoms with Crippen LogP contribution >= 0.6 is 11.3 Å². The van der Waals surface area contributed by atoms with Gasteiger partial charge in [-0.3, -0.25) is 9.59 Å². The Bertz CT molecular complexity index is 898. The summed E-state index contributed by atoms with van der Waals surface area (Å²) >= 11 is 1.60. The van der Waals surface area contributed by atoms with Crippen molar-refractivity contribution in [3.63, 3.8) is 0 Å². The molecule has 0 amide bonds. The van der Waals surface area contributed by atoms with Crippen LogP contribution in [0.1, 0.15) is 97.2 Å². The lowest BCUT2D eigenvalue weighted by Gasteiger charge is -2.31. The van der Waals surface area contributed by atoms with Crippen LogP contribution in [-0.4, -0.2) is 34.1 Å². The van der Waals surface area contributed by atoms with Crippen molar-refractivity contribution in [3.8, 4) is 0 Å². The van der Waals surface area contributed by atoms with Crippen molar-refractivity contribution in [2.75, 3.05) is 0 Å². The number of hydrogen-bond donors (Lipinski definition) is 1. The molecule has 4 unspecified atom stereocenters. The number of rotatable bonds is 3. The number of ketones is 1. The lowest BCUT2D eigenvalue weighted by Crippen LogP contribution is -2.39. The highest BCUT2D eigenvalue weighted by Crippen LogP contribution is 2.32.